The summed E-state index contributed by atoms with van der Waals surface area (Å²) in [5.41, 5.74) is 7.84. The summed E-state index contributed by atoms with van der Waals surface area (Å²) >= 11 is 6.23. The van der Waals surface area contributed by atoms with Crippen LogP contribution in [0, 0.1) is 0 Å². The van der Waals surface area contributed by atoms with Crippen molar-refractivity contribution in [2.45, 2.75) is 19.0 Å². The minimum Gasteiger partial charge on any atom is -0.398 e. The van der Waals surface area contributed by atoms with Crippen LogP contribution in [0.4, 0.5) is 5.69 Å². The first-order chi connectivity index (χ1) is 10.6. The molecule has 116 valence electrons. The van der Waals surface area contributed by atoms with Crippen molar-refractivity contribution in [3.8, 4) is 0 Å². The van der Waals surface area contributed by atoms with Crippen molar-refractivity contribution >= 4 is 23.2 Å². The van der Waals surface area contributed by atoms with Crippen LogP contribution in [-0.4, -0.2) is 40.1 Å². The van der Waals surface area contributed by atoms with Crippen LogP contribution < -0.4 is 11.1 Å². The molecule has 1 aromatic carbocycles. The number of hydrogen-bond donors (Lipinski definition) is 3. The van der Waals surface area contributed by atoms with Gasteiger partial charge in [-0.1, -0.05) is 17.7 Å². The second-order valence-electron chi connectivity index (χ2n) is 5.40. The number of benzene rings is 1. The van der Waals surface area contributed by atoms with Crippen LogP contribution in [0.2, 0.25) is 5.02 Å². The van der Waals surface area contributed by atoms with E-state index in [1.54, 1.807) is 35.4 Å². The van der Waals surface area contributed by atoms with E-state index < -0.39 is 0 Å². The van der Waals surface area contributed by atoms with E-state index in [4.69, 9.17) is 17.3 Å². The number of H-pyrrole nitrogens is 1. The molecule has 22 heavy (non-hydrogen) atoms. The first-order valence-corrected chi connectivity index (χ1v) is 7.58. The van der Waals surface area contributed by atoms with E-state index in [1.165, 1.54) is 0 Å². The number of aromatic nitrogens is 2. The maximum atomic E-state index is 12.7. The molecule has 0 spiro atoms. The fourth-order valence-corrected chi connectivity index (χ4v) is 2.71. The van der Waals surface area contributed by atoms with Crippen LogP contribution in [-0.2, 0) is 6.54 Å². The van der Waals surface area contributed by atoms with Gasteiger partial charge < -0.3 is 16.0 Å². The van der Waals surface area contributed by atoms with Crippen LogP contribution >= 0.6 is 11.6 Å². The Kier molecular flexibility index (Phi) is 4.31. The molecule has 0 bridgehead atoms. The quantitative estimate of drug-likeness (QED) is 0.731. The predicted molar refractivity (Wildman–Crippen MR) is 85.6 cm³/mol. The first kappa shape index (κ1) is 14.9. The normalized spacial score (nSPS) is 17.0. The lowest BCUT2D eigenvalue weighted by molar-refractivity contribution is 0.0701. The van der Waals surface area contributed by atoms with Crippen molar-refractivity contribution in [2.75, 3.05) is 18.8 Å². The number of aromatic amines is 1. The zero-order valence-corrected chi connectivity index (χ0v) is 12.8. The van der Waals surface area contributed by atoms with Gasteiger partial charge in [0.15, 0.2) is 0 Å². The van der Waals surface area contributed by atoms with Crippen molar-refractivity contribution in [3.05, 3.63) is 46.7 Å². The zero-order valence-electron chi connectivity index (χ0n) is 12.1. The molecule has 1 aliphatic rings. The van der Waals surface area contributed by atoms with E-state index in [0.717, 1.165) is 18.5 Å². The molecular weight excluding hydrogens is 302 g/mol. The number of nitrogen functional groups attached to an aromatic ring is 1. The Morgan fingerprint density at radius 1 is 1.45 bits per heavy atom. The molecule has 1 unspecified atom stereocenters. The van der Waals surface area contributed by atoms with Gasteiger partial charge in [0, 0.05) is 41.6 Å². The summed E-state index contributed by atoms with van der Waals surface area (Å²) in [6, 6.07) is 7.36. The summed E-state index contributed by atoms with van der Waals surface area (Å²) in [5.74, 6) is -0.106. The van der Waals surface area contributed by atoms with Gasteiger partial charge in [0.1, 0.15) is 5.69 Å². The van der Waals surface area contributed by atoms with Crippen LogP contribution in [0.5, 0.6) is 0 Å². The minimum absolute atomic E-state index is 0.106. The molecule has 1 atom stereocenters. The monoisotopic (exact) mass is 319 g/mol. The molecule has 7 heteroatoms. The molecule has 0 aliphatic carbocycles. The van der Waals surface area contributed by atoms with Crippen molar-refractivity contribution in [2.24, 2.45) is 0 Å². The molecule has 0 saturated carbocycles. The van der Waals surface area contributed by atoms with Crippen LogP contribution in [0.15, 0.2) is 30.5 Å². The number of rotatable bonds is 5. The van der Waals surface area contributed by atoms with Crippen molar-refractivity contribution in [1.82, 2.24) is 20.4 Å². The highest BCUT2D eigenvalue weighted by Crippen LogP contribution is 2.24. The lowest BCUT2D eigenvalue weighted by Crippen LogP contribution is -2.51. The molecule has 1 aromatic heterocycles. The highest BCUT2D eigenvalue weighted by molar-refractivity contribution is 6.31. The Morgan fingerprint density at radius 3 is 2.86 bits per heavy atom. The van der Waals surface area contributed by atoms with Gasteiger partial charge in [-0.2, -0.15) is 5.10 Å². The second-order valence-corrected chi connectivity index (χ2v) is 5.81. The third kappa shape index (κ3) is 3.08. The molecule has 0 radical (unpaired) electrons. The van der Waals surface area contributed by atoms with Crippen molar-refractivity contribution < 1.29 is 4.79 Å². The number of nitrogens with zero attached hydrogens (tertiary/aromatic N) is 2. The average Bonchev–Trinajstić information content (AvgIpc) is 2.97. The Hall–Kier alpha value is -2.05. The fraction of sp³-hybridized carbons (Fsp3) is 0.333. The van der Waals surface area contributed by atoms with Crippen LogP contribution in [0.3, 0.4) is 0 Å². The van der Waals surface area contributed by atoms with E-state index in [1.807, 2.05) is 0 Å². The molecule has 3 rings (SSSR count). The minimum atomic E-state index is -0.106. The highest BCUT2D eigenvalue weighted by Gasteiger charge is 2.25. The summed E-state index contributed by atoms with van der Waals surface area (Å²) in [7, 11) is 0. The lowest BCUT2D eigenvalue weighted by atomic mass is 10.1. The van der Waals surface area contributed by atoms with Gasteiger partial charge in [0.25, 0.3) is 5.91 Å². The predicted octanol–water partition coefficient (Wildman–Crippen LogP) is 1.65. The van der Waals surface area contributed by atoms with Gasteiger partial charge in [-0.3, -0.25) is 9.89 Å². The second kappa shape index (κ2) is 6.37. The van der Waals surface area contributed by atoms with Gasteiger partial charge >= 0.3 is 0 Å². The highest BCUT2D eigenvalue weighted by atomic mass is 35.5. The largest absolute Gasteiger partial charge is 0.398 e. The SMILES string of the molecule is Nc1cccc(Cl)c1CN(CC1CCN1)C(=O)c1ccn[nH]1. The van der Waals surface area contributed by atoms with E-state index in [-0.39, 0.29) is 5.91 Å². The first-order valence-electron chi connectivity index (χ1n) is 7.20. The Morgan fingerprint density at radius 2 is 2.27 bits per heavy atom. The standard InChI is InChI=1S/C15H18ClN5O/c16-12-2-1-3-13(17)11(12)9-21(8-10-4-6-18-10)15(22)14-5-7-19-20-14/h1-3,5,7,10,18H,4,6,8-9,17H2,(H,19,20). The molecule has 2 aromatic rings. The number of amides is 1. The summed E-state index contributed by atoms with van der Waals surface area (Å²) in [6.07, 6.45) is 2.63. The van der Waals surface area contributed by atoms with E-state index in [2.05, 4.69) is 15.5 Å². The van der Waals surface area contributed by atoms with E-state index in [9.17, 15) is 4.79 Å². The average molecular weight is 320 g/mol. The van der Waals surface area contributed by atoms with Gasteiger partial charge in [0.2, 0.25) is 0 Å². The molecule has 4 N–H and O–H groups in total. The Labute approximate surface area is 133 Å². The molecule has 1 fully saturated rings. The molecule has 1 aliphatic heterocycles. The molecule has 6 nitrogen and oxygen atoms in total. The summed E-state index contributed by atoms with van der Waals surface area (Å²) in [4.78, 5) is 14.4. The fourth-order valence-electron chi connectivity index (χ4n) is 2.47. The maximum absolute atomic E-state index is 12.7. The van der Waals surface area contributed by atoms with Gasteiger partial charge in [-0.15, -0.1) is 0 Å². The Balaban J connectivity index is 1.83. The van der Waals surface area contributed by atoms with Crippen LogP contribution in [0.25, 0.3) is 0 Å². The third-order valence-electron chi connectivity index (χ3n) is 3.89. The summed E-state index contributed by atoms with van der Waals surface area (Å²) in [5, 5.41) is 10.4. The van der Waals surface area contributed by atoms with Gasteiger partial charge in [-0.25, -0.2) is 0 Å². The van der Waals surface area contributed by atoms with Gasteiger partial charge in [0.05, 0.1) is 0 Å². The molecule has 2 heterocycles. The number of carbonyl (C=O) groups is 1. The molecule has 1 saturated heterocycles. The third-order valence-corrected chi connectivity index (χ3v) is 4.24. The molecular formula is C15H18ClN5O. The van der Waals surface area contributed by atoms with Crippen molar-refractivity contribution in [3.63, 3.8) is 0 Å². The van der Waals surface area contributed by atoms with E-state index in [0.29, 0.717) is 35.5 Å². The van der Waals surface area contributed by atoms with E-state index >= 15 is 0 Å². The lowest BCUT2D eigenvalue weighted by Gasteiger charge is -2.33. The number of nitrogens with two attached hydrogens (primary N) is 1. The maximum Gasteiger partial charge on any atom is 0.272 e. The van der Waals surface area contributed by atoms with Crippen LogP contribution in [0.1, 0.15) is 22.5 Å². The number of hydrogen-bond acceptors (Lipinski definition) is 4. The summed E-state index contributed by atoms with van der Waals surface area (Å²) < 4.78 is 0. The number of nitrogens with one attached hydrogen (secondary N) is 2. The number of anilines is 1. The van der Waals surface area contributed by atoms with Gasteiger partial charge in [-0.05, 0) is 31.2 Å². The number of carbonyl (C=O) groups excluding carboxylic acids is 1. The topological polar surface area (TPSA) is 87.0 Å². The molecule has 1 amide bonds. The Bertz CT molecular complexity index is 634. The smallest absolute Gasteiger partial charge is 0.272 e. The number of halogens is 1. The summed E-state index contributed by atoms with van der Waals surface area (Å²) in [6.45, 7) is 1.98. The zero-order chi connectivity index (χ0) is 15.5. The van der Waals surface area contributed by atoms with Crippen molar-refractivity contribution in [1.29, 1.82) is 0 Å².